The minimum atomic E-state index is 0.415. The zero-order valence-corrected chi connectivity index (χ0v) is 22.1. The van der Waals surface area contributed by atoms with E-state index in [9.17, 15) is 0 Å². The first-order valence-electron chi connectivity index (χ1n) is 12.9. The number of benzene rings is 3. The summed E-state index contributed by atoms with van der Waals surface area (Å²) >= 11 is 6.68. The molecule has 1 aliphatic rings. The fourth-order valence-corrected chi connectivity index (χ4v) is 5.48. The molecule has 2 unspecified atom stereocenters. The summed E-state index contributed by atoms with van der Waals surface area (Å²) in [6.45, 7) is 9.81. The van der Waals surface area contributed by atoms with Crippen LogP contribution in [0.4, 0.5) is 0 Å². The van der Waals surface area contributed by atoms with Crippen molar-refractivity contribution in [2.75, 3.05) is 19.7 Å². The van der Waals surface area contributed by atoms with Gasteiger partial charge in [0.2, 0.25) is 0 Å². The molecule has 36 heavy (non-hydrogen) atoms. The third-order valence-electron chi connectivity index (χ3n) is 7.30. The van der Waals surface area contributed by atoms with Crippen LogP contribution in [0.2, 0.25) is 5.02 Å². The molecule has 1 saturated heterocycles. The predicted molar refractivity (Wildman–Crippen MR) is 151 cm³/mol. The van der Waals surface area contributed by atoms with E-state index in [2.05, 4.69) is 84.4 Å². The quantitative estimate of drug-likeness (QED) is 0.252. The minimum Gasteiger partial charge on any atom is -0.492 e. The number of halogens is 1. The number of likely N-dealkylation sites (tertiary alicyclic amines) is 1. The number of nitrogens with zero attached hydrogens (tertiary/aromatic N) is 2. The van der Waals surface area contributed by atoms with Crippen molar-refractivity contribution < 1.29 is 4.74 Å². The Morgan fingerprint density at radius 2 is 1.89 bits per heavy atom. The number of fused-ring (bicyclic) bond motifs is 1. The Kier molecular flexibility index (Phi) is 7.45. The standard InChI is InChI=1S/C31H34ClN3O/c1-4-27(28-7-5-6-8-29(28)32)31(24-11-14-30-25(17-24)18-33-34-30)23-9-12-26(13-10-23)36-20-22(3)35-16-15-21(2)19-35/h5-14,17-18,21-22H,4,15-16,19-20H2,1-3H3,(H,33,34)/b31-27+. The van der Waals surface area contributed by atoms with Gasteiger partial charge in [-0.3, -0.25) is 10.00 Å². The van der Waals surface area contributed by atoms with Crippen molar-refractivity contribution in [1.82, 2.24) is 15.1 Å². The fraction of sp³-hybridized carbons (Fsp3) is 0.323. The second-order valence-corrected chi connectivity index (χ2v) is 10.3. The molecule has 0 aliphatic carbocycles. The van der Waals surface area contributed by atoms with Crippen LogP contribution in [0.3, 0.4) is 0 Å². The van der Waals surface area contributed by atoms with Crippen molar-refractivity contribution in [3.63, 3.8) is 0 Å². The molecule has 186 valence electrons. The van der Waals surface area contributed by atoms with Crippen molar-refractivity contribution >= 4 is 33.7 Å². The molecule has 5 rings (SSSR count). The Morgan fingerprint density at radius 3 is 2.61 bits per heavy atom. The average molecular weight is 500 g/mol. The molecule has 4 aromatic rings. The molecule has 2 heterocycles. The van der Waals surface area contributed by atoms with Crippen LogP contribution in [-0.4, -0.2) is 40.8 Å². The van der Waals surface area contributed by atoms with E-state index in [4.69, 9.17) is 16.3 Å². The van der Waals surface area contributed by atoms with Gasteiger partial charge in [-0.25, -0.2) is 0 Å². The van der Waals surface area contributed by atoms with E-state index in [1.807, 2.05) is 24.4 Å². The van der Waals surface area contributed by atoms with Crippen LogP contribution in [0.1, 0.15) is 50.3 Å². The molecule has 1 aliphatic heterocycles. The summed E-state index contributed by atoms with van der Waals surface area (Å²) in [6.07, 6.45) is 4.01. The average Bonchev–Trinajstić information content (AvgIpc) is 3.55. The number of aromatic amines is 1. The van der Waals surface area contributed by atoms with E-state index in [-0.39, 0.29) is 0 Å². The van der Waals surface area contributed by atoms with Crippen LogP contribution in [0.5, 0.6) is 5.75 Å². The first-order valence-corrected chi connectivity index (χ1v) is 13.3. The van der Waals surface area contributed by atoms with Gasteiger partial charge in [0.1, 0.15) is 12.4 Å². The van der Waals surface area contributed by atoms with Crippen LogP contribution in [0.25, 0.3) is 22.0 Å². The molecule has 0 bridgehead atoms. The smallest absolute Gasteiger partial charge is 0.119 e. The van der Waals surface area contributed by atoms with Gasteiger partial charge >= 0.3 is 0 Å². The van der Waals surface area contributed by atoms with Gasteiger partial charge in [-0.2, -0.15) is 5.10 Å². The lowest BCUT2D eigenvalue weighted by molar-refractivity contribution is 0.169. The maximum absolute atomic E-state index is 6.68. The molecule has 0 amide bonds. The number of allylic oxidation sites excluding steroid dienone is 1. The van der Waals surface area contributed by atoms with Crippen molar-refractivity contribution in [1.29, 1.82) is 0 Å². The number of hydrogen-bond donors (Lipinski definition) is 1. The van der Waals surface area contributed by atoms with Gasteiger partial charge < -0.3 is 4.74 Å². The van der Waals surface area contributed by atoms with Gasteiger partial charge in [-0.15, -0.1) is 0 Å². The zero-order chi connectivity index (χ0) is 25.1. The van der Waals surface area contributed by atoms with E-state index in [1.165, 1.54) is 30.7 Å². The van der Waals surface area contributed by atoms with Gasteiger partial charge in [0.05, 0.1) is 11.7 Å². The lowest BCUT2D eigenvalue weighted by atomic mass is 9.88. The maximum atomic E-state index is 6.68. The highest BCUT2D eigenvalue weighted by Crippen LogP contribution is 2.38. The van der Waals surface area contributed by atoms with Crippen LogP contribution in [-0.2, 0) is 0 Å². The van der Waals surface area contributed by atoms with Crippen molar-refractivity contribution in [3.05, 3.63) is 94.6 Å². The molecule has 3 aromatic carbocycles. The van der Waals surface area contributed by atoms with Gasteiger partial charge in [0.25, 0.3) is 0 Å². The van der Waals surface area contributed by atoms with Crippen LogP contribution >= 0.6 is 11.6 Å². The van der Waals surface area contributed by atoms with E-state index in [0.29, 0.717) is 12.6 Å². The third-order valence-corrected chi connectivity index (χ3v) is 7.63. The van der Waals surface area contributed by atoms with Crippen LogP contribution < -0.4 is 4.74 Å². The SMILES string of the molecule is CC/C(=C(/c1ccc(OCC(C)N2CCC(C)C2)cc1)c1ccc2[nH]ncc2c1)c1ccccc1Cl. The summed E-state index contributed by atoms with van der Waals surface area (Å²) in [5.74, 6) is 1.68. The molecular weight excluding hydrogens is 466 g/mol. The van der Waals surface area contributed by atoms with Gasteiger partial charge in [-0.05, 0) is 90.4 Å². The number of H-pyrrole nitrogens is 1. The molecule has 1 fully saturated rings. The largest absolute Gasteiger partial charge is 0.492 e. The van der Waals surface area contributed by atoms with E-state index in [0.717, 1.165) is 50.7 Å². The third kappa shape index (κ3) is 5.21. The van der Waals surface area contributed by atoms with Crippen LogP contribution in [0, 0.1) is 5.92 Å². The van der Waals surface area contributed by atoms with E-state index >= 15 is 0 Å². The molecular formula is C31H34ClN3O. The topological polar surface area (TPSA) is 41.1 Å². The Bertz CT molecular complexity index is 1360. The van der Waals surface area contributed by atoms with Crippen molar-refractivity contribution in [2.24, 2.45) is 5.92 Å². The Hall–Kier alpha value is -3.08. The summed E-state index contributed by atoms with van der Waals surface area (Å²) < 4.78 is 6.20. The summed E-state index contributed by atoms with van der Waals surface area (Å²) in [4.78, 5) is 2.53. The summed E-state index contributed by atoms with van der Waals surface area (Å²) in [7, 11) is 0. The minimum absolute atomic E-state index is 0.415. The van der Waals surface area contributed by atoms with Crippen molar-refractivity contribution in [2.45, 2.75) is 39.7 Å². The molecule has 1 aromatic heterocycles. The van der Waals surface area contributed by atoms with Gasteiger partial charge in [-0.1, -0.05) is 61.8 Å². The van der Waals surface area contributed by atoms with Crippen molar-refractivity contribution in [3.8, 4) is 5.75 Å². The second-order valence-electron chi connectivity index (χ2n) is 9.93. The fourth-order valence-electron chi connectivity index (χ4n) is 5.23. The monoisotopic (exact) mass is 499 g/mol. The van der Waals surface area contributed by atoms with Gasteiger partial charge in [0.15, 0.2) is 0 Å². The van der Waals surface area contributed by atoms with Gasteiger partial charge in [0, 0.05) is 23.0 Å². The molecule has 0 saturated carbocycles. The normalized spacial score (nSPS) is 17.8. The Balaban J connectivity index is 1.48. The predicted octanol–water partition coefficient (Wildman–Crippen LogP) is 7.69. The van der Waals surface area contributed by atoms with E-state index in [1.54, 1.807) is 0 Å². The molecule has 0 spiro atoms. The molecule has 5 heteroatoms. The highest BCUT2D eigenvalue weighted by Gasteiger charge is 2.23. The van der Waals surface area contributed by atoms with E-state index < -0.39 is 0 Å². The number of ether oxygens (including phenoxy) is 1. The first kappa shape index (κ1) is 24.6. The summed E-state index contributed by atoms with van der Waals surface area (Å²) in [5, 5.41) is 9.12. The van der Waals surface area contributed by atoms with Crippen LogP contribution in [0.15, 0.2) is 72.9 Å². The Labute approximate surface area is 218 Å². The zero-order valence-electron chi connectivity index (χ0n) is 21.3. The molecule has 4 nitrogen and oxygen atoms in total. The first-order chi connectivity index (χ1) is 17.5. The summed E-state index contributed by atoms with van der Waals surface area (Å²) in [5.41, 5.74) is 6.78. The molecule has 1 N–H and O–H groups in total. The maximum Gasteiger partial charge on any atom is 0.119 e. The number of aromatic nitrogens is 2. The lowest BCUT2D eigenvalue weighted by Gasteiger charge is -2.24. The highest BCUT2D eigenvalue weighted by molar-refractivity contribution is 6.32. The molecule has 0 radical (unpaired) electrons. The molecule has 2 atom stereocenters. The number of hydrogen-bond acceptors (Lipinski definition) is 3. The summed E-state index contributed by atoms with van der Waals surface area (Å²) in [6, 6.07) is 23.5. The lowest BCUT2D eigenvalue weighted by Crippen LogP contribution is -2.35. The number of nitrogens with one attached hydrogen (secondary N) is 1. The highest BCUT2D eigenvalue weighted by atomic mass is 35.5. The second kappa shape index (κ2) is 10.9. The number of rotatable bonds is 8. The Morgan fingerprint density at radius 1 is 1.11 bits per heavy atom.